The van der Waals surface area contributed by atoms with Crippen LogP contribution in [0.15, 0.2) is 60.7 Å². The second-order valence-corrected chi connectivity index (χ2v) is 9.88. The Hall–Kier alpha value is -3.32. The second kappa shape index (κ2) is 10.7. The second-order valence-electron chi connectivity index (χ2n) is 8.51. The van der Waals surface area contributed by atoms with Crippen molar-refractivity contribution in [3.8, 4) is 11.5 Å². The van der Waals surface area contributed by atoms with Gasteiger partial charge in [-0.25, -0.2) is 0 Å². The van der Waals surface area contributed by atoms with Crippen LogP contribution in [-0.2, 0) is 17.9 Å². The summed E-state index contributed by atoms with van der Waals surface area (Å²) >= 11 is 1.69. The first-order valence-electron chi connectivity index (χ1n) is 11.5. The molecule has 2 amide bonds. The van der Waals surface area contributed by atoms with Crippen LogP contribution in [0.5, 0.6) is 11.5 Å². The lowest BCUT2D eigenvalue weighted by Crippen LogP contribution is -2.46. The Labute approximate surface area is 204 Å². The Morgan fingerprint density at radius 3 is 2.47 bits per heavy atom. The average molecular weight is 479 g/mol. The van der Waals surface area contributed by atoms with Gasteiger partial charge >= 0.3 is 0 Å². The highest BCUT2D eigenvalue weighted by molar-refractivity contribution is 7.11. The van der Waals surface area contributed by atoms with Crippen LogP contribution in [0, 0.1) is 6.92 Å². The van der Waals surface area contributed by atoms with E-state index in [2.05, 4.69) is 19.1 Å². The van der Waals surface area contributed by atoms with Gasteiger partial charge in [0.2, 0.25) is 12.7 Å². The number of aryl methyl sites for hydroxylation is 1. The van der Waals surface area contributed by atoms with E-state index in [-0.39, 0.29) is 31.2 Å². The summed E-state index contributed by atoms with van der Waals surface area (Å²) in [5.41, 5.74) is 1.54. The van der Waals surface area contributed by atoms with Crippen molar-refractivity contribution in [2.24, 2.45) is 0 Å². The number of rotatable bonds is 9. The van der Waals surface area contributed by atoms with E-state index in [0.717, 1.165) is 16.9 Å². The first-order chi connectivity index (χ1) is 16.4. The average Bonchev–Trinajstić information content (AvgIpc) is 3.49. The maximum atomic E-state index is 13.6. The van der Waals surface area contributed by atoms with E-state index in [1.165, 1.54) is 4.88 Å². The number of benzene rings is 2. The minimum absolute atomic E-state index is 0.0134. The van der Waals surface area contributed by atoms with Gasteiger partial charge in [-0.3, -0.25) is 9.59 Å². The van der Waals surface area contributed by atoms with E-state index >= 15 is 0 Å². The Bertz CT molecular complexity index is 1140. The molecule has 7 heteroatoms. The summed E-state index contributed by atoms with van der Waals surface area (Å²) in [6, 6.07) is 19.2. The monoisotopic (exact) mass is 478 g/mol. The fourth-order valence-corrected chi connectivity index (χ4v) is 4.79. The molecule has 0 fully saturated rings. The summed E-state index contributed by atoms with van der Waals surface area (Å²) in [6.07, 6.45) is 0.742. The zero-order valence-electron chi connectivity index (χ0n) is 19.8. The molecule has 2 aromatic carbocycles. The molecule has 0 radical (unpaired) electrons. The molecule has 6 nitrogen and oxygen atoms in total. The van der Waals surface area contributed by atoms with E-state index in [9.17, 15) is 9.59 Å². The number of ether oxygens (including phenoxy) is 2. The summed E-state index contributed by atoms with van der Waals surface area (Å²) in [5.74, 6) is 0.917. The maximum absolute atomic E-state index is 13.6. The quantitative estimate of drug-likeness (QED) is 0.421. The number of amides is 2. The van der Waals surface area contributed by atoms with Crippen molar-refractivity contribution in [1.29, 1.82) is 0 Å². The molecule has 34 heavy (non-hydrogen) atoms. The van der Waals surface area contributed by atoms with E-state index in [1.807, 2.05) is 49.1 Å². The molecule has 0 bridgehead atoms. The lowest BCUT2D eigenvalue weighted by Gasteiger charge is -2.31. The fraction of sp³-hybridized carbons (Fsp3) is 0.333. The molecule has 4 rings (SSSR count). The smallest absolute Gasteiger partial charge is 0.254 e. The van der Waals surface area contributed by atoms with E-state index in [1.54, 1.807) is 34.4 Å². The molecule has 3 aromatic rings. The predicted molar refractivity (Wildman–Crippen MR) is 133 cm³/mol. The Kier molecular flexibility index (Phi) is 7.53. The summed E-state index contributed by atoms with van der Waals surface area (Å²) in [6.45, 7) is 7.22. The highest BCUT2D eigenvalue weighted by Gasteiger charge is 2.27. The minimum atomic E-state index is -0.187. The molecule has 1 atom stereocenters. The van der Waals surface area contributed by atoms with Crippen LogP contribution in [0.1, 0.15) is 45.9 Å². The maximum Gasteiger partial charge on any atom is 0.254 e. The van der Waals surface area contributed by atoms with Crippen molar-refractivity contribution < 1.29 is 19.1 Å². The highest BCUT2D eigenvalue weighted by Crippen LogP contribution is 2.33. The van der Waals surface area contributed by atoms with Crippen LogP contribution < -0.4 is 9.47 Å². The molecular weight excluding hydrogens is 448 g/mol. The van der Waals surface area contributed by atoms with Gasteiger partial charge in [0.1, 0.15) is 6.54 Å². The summed E-state index contributed by atoms with van der Waals surface area (Å²) in [5, 5.41) is 0. The van der Waals surface area contributed by atoms with Crippen LogP contribution in [-0.4, -0.2) is 41.0 Å². The molecule has 0 saturated carbocycles. The van der Waals surface area contributed by atoms with Gasteiger partial charge in [-0.15, -0.1) is 11.3 Å². The number of carbonyl (C=O) groups is 2. The molecule has 0 N–H and O–H groups in total. The zero-order valence-corrected chi connectivity index (χ0v) is 20.6. The number of carbonyl (C=O) groups excluding carboxylic acids is 2. The van der Waals surface area contributed by atoms with Gasteiger partial charge in [-0.2, -0.15) is 0 Å². The van der Waals surface area contributed by atoms with Gasteiger partial charge in [0, 0.05) is 27.9 Å². The topological polar surface area (TPSA) is 59.1 Å². The number of hydrogen-bond acceptors (Lipinski definition) is 5. The van der Waals surface area contributed by atoms with Gasteiger partial charge in [0.15, 0.2) is 11.5 Å². The van der Waals surface area contributed by atoms with Crippen LogP contribution in [0.2, 0.25) is 0 Å². The lowest BCUT2D eigenvalue weighted by atomic mass is 10.1. The van der Waals surface area contributed by atoms with Gasteiger partial charge in [-0.1, -0.05) is 37.3 Å². The lowest BCUT2D eigenvalue weighted by molar-refractivity contribution is -0.133. The SMILES string of the molecule is CCC(C)N(CC(=O)N(Cc1ccccc1)Cc1ccc(C)s1)C(=O)c1ccc2c(c1)OCO2. The molecular formula is C27H30N2O4S. The first-order valence-corrected chi connectivity index (χ1v) is 12.3. The van der Waals surface area contributed by atoms with E-state index < -0.39 is 0 Å². The third kappa shape index (κ3) is 5.59. The number of nitrogens with zero attached hydrogens (tertiary/aromatic N) is 2. The number of hydrogen-bond donors (Lipinski definition) is 0. The number of fused-ring (bicyclic) bond motifs is 1. The summed E-state index contributed by atoms with van der Waals surface area (Å²) in [7, 11) is 0. The third-order valence-corrected chi connectivity index (χ3v) is 7.01. The number of thiophene rings is 1. The third-order valence-electron chi connectivity index (χ3n) is 6.02. The van der Waals surface area contributed by atoms with E-state index in [4.69, 9.17) is 9.47 Å². The van der Waals surface area contributed by atoms with Gasteiger partial charge in [0.25, 0.3) is 5.91 Å². The molecule has 1 aliphatic heterocycles. The molecule has 0 spiro atoms. The fourth-order valence-electron chi connectivity index (χ4n) is 3.88. The summed E-state index contributed by atoms with van der Waals surface area (Å²) < 4.78 is 10.8. The van der Waals surface area contributed by atoms with Crippen molar-refractivity contribution >= 4 is 23.2 Å². The van der Waals surface area contributed by atoms with Crippen LogP contribution >= 0.6 is 11.3 Å². The summed E-state index contributed by atoms with van der Waals surface area (Å²) in [4.78, 5) is 32.9. The van der Waals surface area contributed by atoms with Crippen LogP contribution in [0.4, 0.5) is 0 Å². The minimum Gasteiger partial charge on any atom is -0.454 e. The molecule has 178 valence electrons. The van der Waals surface area contributed by atoms with Crippen LogP contribution in [0.25, 0.3) is 0 Å². The van der Waals surface area contributed by atoms with Crippen molar-refractivity contribution in [3.05, 3.63) is 81.5 Å². The Balaban J connectivity index is 1.56. The molecule has 0 aliphatic carbocycles. The largest absolute Gasteiger partial charge is 0.454 e. The van der Waals surface area contributed by atoms with Crippen molar-refractivity contribution in [2.75, 3.05) is 13.3 Å². The first kappa shape index (κ1) is 23.8. The van der Waals surface area contributed by atoms with Crippen molar-refractivity contribution in [1.82, 2.24) is 9.80 Å². The Morgan fingerprint density at radius 1 is 1.00 bits per heavy atom. The van der Waals surface area contributed by atoms with Crippen molar-refractivity contribution in [2.45, 2.75) is 46.3 Å². The van der Waals surface area contributed by atoms with Crippen LogP contribution in [0.3, 0.4) is 0 Å². The molecule has 1 unspecified atom stereocenters. The predicted octanol–water partition coefficient (Wildman–Crippen LogP) is 5.25. The van der Waals surface area contributed by atoms with Gasteiger partial charge < -0.3 is 19.3 Å². The van der Waals surface area contributed by atoms with Gasteiger partial charge in [-0.05, 0) is 56.2 Å². The molecule has 1 aromatic heterocycles. The standard InChI is InChI=1S/C27H30N2O4S/c1-4-19(2)29(27(31)22-11-13-24-25(14-22)33-18-32-24)17-26(30)28(15-21-8-6-5-7-9-21)16-23-12-10-20(3)34-23/h5-14,19H,4,15-18H2,1-3H3. The zero-order chi connectivity index (χ0) is 24.1. The highest BCUT2D eigenvalue weighted by atomic mass is 32.1. The molecule has 2 heterocycles. The molecule has 1 aliphatic rings. The molecule has 0 saturated heterocycles. The Morgan fingerprint density at radius 2 is 1.76 bits per heavy atom. The van der Waals surface area contributed by atoms with Gasteiger partial charge in [0.05, 0.1) is 6.54 Å². The van der Waals surface area contributed by atoms with Crippen molar-refractivity contribution in [3.63, 3.8) is 0 Å². The normalized spacial score (nSPS) is 12.9. The van der Waals surface area contributed by atoms with E-state index in [0.29, 0.717) is 30.2 Å².